The molecule has 0 unspecified atom stereocenters. The number of nitrogens with zero attached hydrogens (tertiary/aromatic N) is 6. The number of amides is 2. The Bertz CT molecular complexity index is 1590. The number of hydrogen-bond donors (Lipinski definition) is 0. The third-order valence-electron chi connectivity index (χ3n) is 6.32. The number of benzene rings is 4. The van der Waals surface area contributed by atoms with Crippen LogP contribution in [0.15, 0.2) is 97.1 Å². The van der Waals surface area contributed by atoms with Crippen molar-refractivity contribution in [2.75, 3.05) is 22.9 Å². The van der Waals surface area contributed by atoms with Crippen molar-refractivity contribution in [1.82, 2.24) is 0 Å². The number of carbonyl (C=O) groups is 2. The Kier molecular flexibility index (Phi) is 8.94. The second-order valence-electron chi connectivity index (χ2n) is 9.09. The summed E-state index contributed by atoms with van der Waals surface area (Å²) in [5, 5.41) is 45.7. The molecule has 16 nitrogen and oxygen atoms in total. The number of rotatable bonds is 11. The highest BCUT2D eigenvalue weighted by molar-refractivity contribution is 6.08. The highest BCUT2D eigenvalue weighted by Gasteiger charge is 2.28. The molecule has 0 atom stereocenters. The van der Waals surface area contributed by atoms with Gasteiger partial charge in [-0.05, 0) is 24.3 Å². The van der Waals surface area contributed by atoms with Crippen molar-refractivity contribution in [3.8, 4) is 0 Å². The number of carbonyl (C=O) groups excluding carboxylic acids is 2. The minimum atomic E-state index is -0.870. The fraction of sp³-hybridized carbons (Fsp3) is 0.0714. The lowest BCUT2D eigenvalue weighted by Gasteiger charge is -2.28. The van der Waals surface area contributed by atoms with Gasteiger partial charge in [-0.25, -0.2) is 0 Å². The normalized spacial score (nSPS) is 10.5. The first-order valence-corrected chi connectivity index (χ1v) is 12.6. The summed E-state index contributed by atoms with van der Waals surface area (Å²) < 4.78 is 0. The Morgan fingerprint density at radius 3 is 1.00 bits per heavy atom. The number of anilines is 2. The van der Waals surface area contributed by atoms with Crippen molar-refractivity contribution in [2.24, 2.45) is 0 Å². The monoisotopic (exact) mass is 600 g/mol. The number of hydrogen-bond acceptors (Lipinski definition) is 10. The zero-order valence-corrected chi connectivity index (χ0v) is 22.4. The number of nitro groups is 4. The van der Waals surface area contributed by atoms with Gasteiger partial charge in [-0.2, -0.15) is 0 Å². The van der Waals surface area contributed by atoms with Gasteiger partial charge in [-0.3, -0.25) is 50.0 Å². The van der Waals surface area contributed by atoms with Crippen molar-refractivity contribution in [1.29, 1.82) is 0 Å². The van der Waals surface area contributed by atoms with Gasteiger partial charge >= 0.3 is 0 Å². The van der Waals surface area contributed by atoms with E-state index < -0.39 is 54.3 Å². The minimum absolute atomic E-state index is 0.267. The van der Waals surface area contributed by atoms with Crippen molar-refractivity contribution in [2.45, 2.75) is 0 Å². The Morgan fingerprint density at radius 1 is 0.477 bits per heavy atom. The smallest absolute Gasteiger partial charge is 0.277 e. The summed E-state index contributed by atoms with van der Waals surface area (Å²) in [5.74, 6) is -1.70. The summed E-state index contributed by atoms with van der Waals surface area (Å²) in [4.78, 5) is 72.1. The van der Waals surface area contributed by atoms with Crippen LogP contribution in [0.2, 0.25) is 0 Å². The summed E-state index contributed by atoms with van der Waals surface area (Å²) in [7, 11) is 0. The van der Waals surface area contributed by atoms with E-state index in [9.17, 15) is 50.0 Å². The molecule has 2 amide bonds. The highest BCUT2D eigenvalue weighted by atomic mass is 16.6. The Balaban J connectivity index is 1.77. The molecule has 44 heavy (non-hydrogen) atoms. The maximum Gasteiger partial charge on any atom is 0.277 e. The molecule has 222 valence electrons. The molecule has 0 aliphatic heterocycles. The molecule has 0 aliphatic rings. The topological polar surface area (TPSA) is 213 Å². The maximum atomic E-state index is 13.8. The van der Waals surface area contributed by atoms with Crippen LogP contribution in [0.4, 0.5) is 34.1 Å². The van der Waals surface area contributed by atoms with E-state index >= 15 is 0 Å². The predicted octanol–water partition coefficient (Wildman–Crippen LogP) is 5.31. The summed E-state index contributed by atoms with van der Waals surface area (Å²) in [6, 6.07) is 21.0. The number of para-hydroxylation sites is 2. The van der Waals surface area contributed by atoms with Gasteiger partial charge in [0.15, 0.2) is 0 Å². The molecule has 0 bridgehead atoms. The fourth-order valence-corrected chi connectivity index (χ4v) is 4.28. The Morgan fingerprint density at radius 2 is 0.750 bits per heavy atom. The molecule has 0 saturated heterocycles. The molecule has 0 spiro atoms. The van der Waals surface area contributed by atoms with Crippen LogP contribution in [0, 0.1) is 40.5 Å². The molecule has 0 heterocycles. The number of nitro benzene ring substituents is 4. The third kappa shape index (κ3) is 6.82. The van der Waals surface area contributed by atoms with Gasteiger partial charge in [0.25, 0.3) is 34.6 Å². The lowest BCUT2D eigenvalue weighted by atomic mass is 10.1. The van der Waals surface area contributed by atoms with E-state index in [0.717, 1.165) is 46.2 Å². The molecule has 0 saturated carbocycles. The van der Waals surface area contributed by atoms with Crippen LogP contribution in [0.3, 0.4) is 0 Å². The molecule has 0 aliphatic carbocycles. The van der Waals surface area contributed by atoms with Crippen LogP contribution in [-0.4, -0.2) is 44.6 Å². The standard InChI is InChI=1S/C28H20N6O10/c35-27(19-13-23(31(37)38)17-24(14-19)32(39)40)29(21-7-3-1-4-8-21)11-12-30(22-9-5-2-6-10-22)28(36)20-15-25(33(41)42)18-26(16-20)34(43)44/h1-10,13-18H,11-12H2. The second-order valence-corrected chi connectivity index (χ2v) is 9.09. The predicted molar refractivity (Wildman–Crippen MR) is 156 cm³/mol. The van der Waals surface area contributed by atoms with Gasteiger partial charge in [-0.1, -0.05) is 36.4 Å². The zero-order valence-electron chi connectivity index (χ0n) is 22.4. The SMILES string of the molecule is O=C(c1cc([N+](=O)[O-])cc([N+](=O)[O-])c1)N(CCN(C(=O)c1cc([N+](=O)[O-])cc([N+](=O)[O-])c1)c1ccccc1)c1ccccc1. The van der Waals surface area contributed by atoms with Gasteiger partial charge in [0, 0.05) is 48.7 Å². The van der Waals surface area contributed by atoms with Crippen LogP contribution in [0.25, 0.3) is 0 Å². The lowest BCUT2D eigenvalue weighted by molar-refractivity contribution is -0.394. The van der Waals surface area contributed by atoms with Crippen molar-refractivity contribution >= 4 is 45.9 Å². The van der Waals surface area contributed by atoms with E-state index in [2.05, 4.69) is 0 Å². The van der Waals surface area contributed by atoms with Gasteiger partial charge in [0.2, 0.25) is 0 Å². The molecule has 0 aromatic heterocycles. The Hall–Kier alpha value is -6.58. The van der Waals surface area contributed by atoms with Crippen LogP contribution in [0.1, 0.15) is 20.7 Å². The minimum Gasteiger partial charge on any atom is -0.307 e. The van der Waals surface area contributed by atoms with Crippen LogP contribution in [-0.2, 0) is 0 Å². The fourth-order valence-electron chi connectivity index (χ4n) is 4.28. The largest absolute Gasteiger partial charge is 0.307 e. The van der Waals surface area contributed by atoms with E-state index in [-0.39, 0.29) is 35.6 Å². The molecule has 0 N–H and O–H groups in total. The van der Waals surface area contributed by atoms with Crippen LogP contribution >= 0.6 is 0 Å². The van der Waals surface area contributed by atoms with Crippen LogP contribution in [0.5, 0.6) is 0 Å². The molecule has 16 heteroatoms. The van der Waals surface area contributed by atoms with Gasteiger partial charge in [-0.15, -0.1) is 0 Å². The van der Waals surface area contributed by atoms with Crippen LogP contribution < -0.4 is 9.80 Å². The van der Waals surface area contributed by atoms with E-state index in [1.165, 1.54) is 0 Å². The Labute approximate surface area is 247 Å². The highest BCUT2D eigenvalue weighted by Crippen LogP contribution is 2.28. The summed E-state index contributed by atoms with van der Waals surface area (Å²) in [6.45, 7) is -0.534. The lowest BCUT2D eigenvalue weighted by Crippen LogP contribution is -2.41. The van der Waals surface area contributed by atoms with Gasteiger partial charge < -0.3 is 9.80 Å². The van der Waals surface area contributed by atoms with Crippen molar-refractivity contribution < 1.29 is 29.3 Å². The van der Waals surface area contributed by atoms with Gasteiger partial charge in [0.1, 0.15) is 0 Å². The molecular formula is C28H20N6O10. The van der Waals surface area contributed by atoms with Crippen molar-refractivity contribution in [3.05, 3.63) is 149 Å². The second kappa shape index (κ2) is 12.9. The summed E-state index contributed by atoms with van der Waals surface area (Å²) in [5.41, 5.74) is -2.85. The van der Waals surface area contributed by atoms with E-state index in [1.54, 1.807) is 60.7 Å². The summed E-state index contributed by atoms with van der Waals surface area (Å²) >= 11 is 0. The molecule has 4 aromatic carbocycles. The first-order valence-electron chi connectivity index (χ1n) is 12.6. The maximum absolute atomic E-state index is 13.8. The molecule has 0 fully saturated rings. The van der Waals surface area contributed by atoms with Crippen molar-refractivity contribution in [3.63, 3.8) is 0 Å². The first kappa shape index (κ1) is 30.4. The molecule has 4 rings (SSSR count). The van der Waals surface area contributed by atoms with E-state index in [0.29, 0.717) is 0 Å². The zero-order chi connectivity index (χ0) is 32.0. The number of non-ortho nitro benzene ring substituents is 4. The molecular weight excluding hydrogens is 580 g/mol. The van der Waals surface area contributed by atoms with E-state index in [4.69, 9.17) is 0 Å². The average molecular weight is 601 g/mol. The molecule has 0 radical (unpaired) electrons. The third-order valence-corrected chi connectivity index (χ3v) is 6.32. The van der Waals surface area contributed by atoms with Gasteiger partial charge in [0.05, 0.1) is 43.0 Å². The molecule has 4 aromatic rings. The van der Waals surface area contributed by atoms with E-state index in [1.807, 2.05) is 0 Å². The first-order chi connectivity index (χ1) is 21.0. The summed E-state index contributed by atoms with van der Waals surface area (Å²) in [6.07, 6.45) is 0. The average Bonchev–Trinajstić information content (AvgIpc) is 3.02. The quantitative estimate of drug-likeness (QED) is 0.160.